The lowest BCUT2D eigenvalue weighted by atomic mass is 10.0. The molecule has 2 N–H and O–H groups in total. The van der Waals surface area contributed by atoms with Gasteiger partial charge < -0.3 is 15.4 Å². The van der Waals surface area contributed by atoms with Gasteiger partial charge in [0.05, 0.1) is 12.3 Å². The minimum atomic E-state index is -0.919. The topological polar surface area (TPSA) is 67.4 Å². The Morgan fingerprint density at radius 3 is 2.62 bits per heavy atom. The number of carbonyl (C=O) groups is 2. The van der Waals surface area contributed by atoms with E-state index in [9.17, 15) is 9.59 Å². The summed E-state index contributed by atoms with van der Waals surface area (Å²) in [5.41, 5.74) is 0.859. The molecular formula is C15H19BrN2O3. The molecular weight excluding hydrogens is 336 g/mol. The zero-order valence-corrected chi connectivity index (χ0v) is 13.7. The molecule has 0 bridgehead atoms. The van der Waals surface area contributed by atoms with Crippen molar-refractivity contribution in [2.45, 2.75) is 19.8 Å². The van der Waals surface area contributed by atoms with Crippen LogP contribution in [0.25, 0.3) is 0 Å². The molecule has 0 spiro atoms. The highest BCUT2D eigenvalue weighted by Gasteiger charge is 2.56. The molecule has 2 rings (SSSR count). The maximum absolute atomic E-state index is 12.4. The second kappa shape index (κ2) is 6.58. The van der Waals surface area contributed by atoms with E-state index in [1.165, 1.54) is 0 Å². The van der Waals surface area contributed by atoms with Gasteiger partial charge in [-0.15, -0.1) is 0 Å². The van der Waals surface area contributed by atoms with E-state index in [1.54, 1.807) is 7.11 Å². The molecule has 2 amide bonds. The lowest BCUT2D eigenvalue weighted by Gasteiger charge is -2.16. The van der Waals surface area contributed by atoms with Gasteiger partial charge in [0.2, 0.25) is 11.8 Å². The molecule has 0 aromatic heterocycles. The van der Waals surface area contributed by atoms with Crippen molar-refractivity contribution in [1.29, 1.82) is 0 Å². The first-order chi connectivity index (χ1) is 9.99. The Bertz CT molecular complexity index is 556. The molecule has 1 aliphatic carbocycles. The Labute approximate surface area is 132 Å². The summed E-state index contributed by atoms with van der Waals surface area (Å²) in [4.78, 5) is 24.5. The third kappa shape index (κ3) is 3.63. The quantitative estimate of drug-likeness (QED) is 0.608. The predicted molar refractivity (Wildman–Crippen MR) is 84.1 cm³/mol. The van der Waals surface area contributed by atoms with Gasteiger partial charge in [-0.25, -0.2) is 0 Å². The average molecular weight is 355 g/mol. The number of methoxy groups -OCH3 is 1. The van der Waals surface area contributed by atoms with E-state index < -0.39 is 5.41 Å². The number of aryl methyl sites for hydroxylation is 1. The highest BCUT2D eigenvalue weighted by molar-refractivity contribution is 9.10. The Kier molecular flexibility index (Phi) is 5.00. The van der Waals surface area contributed by atoms with Gasteiger partial charge in [0.25, 0.3) is 0 Å². The molecule has 0 heterocycles. The standard InChI is InChI=1S/C15H19BrN2O3/c1-10-3-4-12(11(16)9-10)18-14(20)15(5-6-15)13(19)17-7-8-21-2/h3-4,9H,5-8H2,1-2H3,(H,17,19)(H,18,20). The van der Waals surface area contributed by atoms with Gasteiger partial charge in [-0.1, -0.05) is 6.07 Å². The Morgan fingerprint density at radius 2 is 2.05 bits per heavy atom. The highest BCUT2D eigenvalue weighted by atomic mass is 79.9. The molecule has 0 unspecified atom stereocenters. The summed E-state index contributed by atoms with van der Waals surface area (Å²) in [6, 6.07) is 5.67. The normalized spacial score (nSPS) is 15.4. The Morgan fingerprint density at radius 1 is 1.33 bits per heavy atom. The second-order valence-corrected chi connectivity index (χ2v) is 6.12. The lowest BCUT2D eigenvalue weighted by molar-refractivity contribution is -0.134. The molecule has 0 aliphatic heterocycles. The third-order valence-electron chi connectivity index (χ3n) is 3.58. The Hall–Kier alpha value is -1.40. The summed E-state index contributed by atoms with van der Waals surface area (Å²) in [5, 5.41) is 5.57. The Balaban J connectivity index is 2.00. The van der Waals surface area contributed by atoms with Crippen LogP contribution in [0, 0.1) is 12.3 Å². The van der Waals surface area contributed by atoms with E-state index in [1.807, 2.05) is 25.1 Å². The predicted octanol–water partition coefficient (Wildman–Crippen LogP) is 2.24. The van der Waals surface area contributed by atoms with Gasteiger partial charge in [0, 0.05) is 18.1 Å². The van der Waals surface area contributed by atoms with Crippen LogP contribution in [-0.4, -0.2) is 32.1 Å². The van der Waals surface area contributed by atoms with Crippen molar-refractivity contribution in [3.05, 3.63) is 28.2 Å². The van der Waals surface area contributed by atoms with E-state index in [0.29, 0.717) is 31.7 Å². The number of amides is 2. The molecule has 1 aromatic carbocycles. The highest BCUT2D eigenvalue weighted by Crippen LogP contribution is 2.47. The fraction of sp³-hybridized carbons (Fsp3) is 0.467. The van der Waals surface area contributed by atoms with Gasteiger partial charge >= 0.3 is 0 Å². The molecule has 1 aromatic rings. The average Bonchev–Trinajstić information content (AvgIpc) is 3.23. The summed E-state index contributed by atoms with van der Waals surface area (Å²) in [6.45, 7) is 2.83. The van der Waals surface area contributed by atoms with Crippen molar-refractivity contribution in [2.24, 2.45) is 5.41 Å². The van der Waals surface area contributed by atoms with Crippen LogP contribution >= 0.6 is 15.9 Å². The maximum atomic E-state index is 12.4. The van der Waals surface area contributed by atoms with Crippen molar-refractivity contribution in [2.75, 3.05) is 25.6 Å². The molecule has 21 heavy (non-hydrogen) atoms. The molecule has 6 heteroatoms. The number of nitrogens with one attached hydrogen (secondary N) is 2. The summed E-state index contributed by atoms with van der Waals surface area (Å²) < 4.78 is 5.70. The fourth-order valence-electron chi connectivity index (χ4n) is 2.08. The van der Waals surface area contributed by atoms with Crippen LogP contribution in [0.4, 0.5) is 5.69 Å². The summed E-state index contributed by atoms with van der Waals surface area (Å²) in [7, 11) is 1.57. The van der Waals surface area contributed by atoms with Gasteiger partial charge in [0.1, 0.15) is 5.41 Å². The van der Waals surface area contributed by atoms with E-state index in [0.717, 1.165) is 10.0 Å². The van der Waals surface area contributed by atoms with Gasteiger partial charge in [-0.3, -0.25) is 9.59 Å². The molecule has 1 aliphatic rings. The number of hydrogen-bond donors (Lipinski definition) is 2. The van der Waals surface area contributed by atoms with Crippen molar-refractivity contribution in [3.63, 3.8) is 0 Å². The van der Waals surface area contributed by atoms with E-state index in [2.05, 4.69) is 26.6 Å². The summed E-state index contributed by atoms with van der Waals surface area (Å²) >= 11 is 3.42. The monoisotopic (exact) mass is 354 g/mol. The fourth-order valence-corrected chi connectivity index (χ4v) is 2.67. The molecule has 0 radical (unpaired) electrons. The van der Waals surface area contributed by atoms with Crippen LogP contribution in [-0.2, 0) is 14.3 Å². The van der Waals surface area contributed by atoms with Crippen LogP contribution < -0.4 is 10.6 Å². The van der Waals surface area contributed by atoms with E-state index in [-0.39, 0.29) is 11.8 Å². The summed E-state index contributed by atoms with van der Waals surface area (Å²) in [6.07, 6.45) is 1.17. The van der Waals surface area contributed by atoms with Crippen LogP contribution in [0.15, 0.2) is 22.7 Å². The number of rotatable bonds is 6. The third-order valence-corrected chi connectivity index (χ3v) is 4.24. The van der Waals surface area contributed by atoms with E-state index >= 15 is 0 Å². The van der Waals surface area contributed by atoms with Crippen molar-refractivity contribution >= 4 is 33.4 Å². The van der Waals surface area contributed by atoms with Crippen molar-refractivity contribution < 1.29 is 14.3 Å². The molecule has 1 saturated carbocycles. The van der Waals surface area contributed by atoms with Crippen molar-refractivity contribution in [1.82, 2.24) is 5.32 Å². The zero-order valence-electron chi connectivity index (χ0n) is 12.2. The second-order valence-electron chi connectivity index (χ2n) is 5.27. The lowest BCUT2D eigenvalue weighted by Crippen LogP contribution is -2.41. The largest absolute Gasteiger partial charge is 0.383 e. The molecule has 5 nitrogen and oxygen atoms in total. The minimum absolute atomic E-state index is 0.222. The molecule has 0 atom stereocenters. The maximum Gasteiger partial charge on any atom is 0.240 e. The summed E-state index contributed by atoms with van der Waals surface area (Å²) in [5.74, 6) is -0.470. The van der Waals surface area contributed by atoms with Crippen LogP contribution in [0.5, 0.6) is 0 Å². The number of hydrogen-bond acceptors (Lipinski definition) is 3. The van der Waals surface area contributed by atoms with Gasteiger partial charge in [-0.05, 0) is 53.4 Å². The van der Waals surface area contributed by atoms with E-state index in [4.69, 9.17) is 4.74 Å². The van der Waals surface area contributed by atoms with Crippen LogP contribution in [0.1, 0.15) is 18.4 Å². The first-order valence-corrected chi connectivity index (χ1v) is 7.64. The van der Waals surface area contributed by atoms with Gasteiger partial charge in [0.15, 0.2) is 0 Å². The first kappa shape index (κ1) is 16.0. The molecule has 114 valence electrons. The zero-order chi connectivity index (χ0) is 15.5. The van der Waals surface area contributed by atoms with Crippen molar-refractivity contribution in [3.8, 4) is 0 Å². The van der Waals surface area contributed by atoms with Gasteiger partial charge in [-0.2, -0.15) is 0 Å². The minimum Gasteiger partial charge on any atom is -0.383 e. The molecule has 1 fully saturated rings. The smallest absolute Gasteiger partial charge is 0.240 e. The number of carbonyl (C=O) groups excluding carboxylic acids is 2. The number of halogens is 1. The first-order valence-electron chi connectivity index (χ1n) is 6.84. The van der Waals surface area contributed by atoms with Crippen LogP contribution in [0.2, 0.25) is 0 Å². The number of ether oxygens (including phenoxy) is 1. The van der Waals surface area contributed by atoms with Crippen LogP contribution in [0.3, 0.4) is 0 Å². The SMILES string of the molecule is COCCNC(=O)C1(C(=O)Nc2ccc(C)cc2Br)CC1. The number of anilines is 1. The molecule has 0 saturated heterocycles. The number of benzene rings is 1.